The molecule has 1 heterocycles. The van der Waals surface area contributed by atoms with Gasteiger partial charge in [0.15, 0.2) is 5.92 Å². The average molecular weight is 284 g/mol. The van der Waals surface area contributed by atoms with Crippen LogP contribution in [0.25, 0.3) is 0 Å². The highest BCUT2D eigenvalue weighted by Gasteiger charge is 2.40. The predicted molar refractivity (Wildman–Crippen MR) is 74.1 cm³/mol. The summed E-state index contributed by atoms with van der Waals surface area (Å²) in [6.07, 6.45) is 4.55. The topological polar surface area (TPSA) is 61.8 Å². The Morgan fingerprint density at radius 3 is 2.35 bits per heavy atom. The van der Waals surface area contributed by atoms with Crippen molar-refractivity contribution >= 4 is 11.9 Å². The van der Waals surface area contributed by atoms with E-state index in [1.165, 1.54) is 0 Å². The summed E-state index contributed by atoms with van der Waals surface area (Å²) >= 11 is 0. The van der Waals surface area contributed by atoms with Gasteiger partial charge in [-0.1, -0.05) is 6.08 Å². The largest absolute Gasteiger partial charge is 0.465 e. The van der Waals surface area contributed by atoms with Crippen molar-refractivity contribution in [2.45, 2.75) is 51.7 Å². The van der Waals surface area contributed by atoms with Gasteiger partial charge >= 0.3 is 11.9 Å². The van der Waals surface area contributed by atoms with Crippen LogP contribution in [-0.4, -0.2) is 37.4 Å². The summed E-state index contributed by atoms with van der Waals surface area (Å²) < 4.78 is 15.8. The number of carbonyl (C=O) groups is 2. The van der Waals surface area contributed by atoms with Crippen molar-refractivity contribution < 1.29 is 23.8 Å². The first-order valence-corrected chi connectivity index (χ1v) is 7.23. The minimum absolute atomic E-state index is 0.0117. The van der Waals surface area contributed by atoms with Crippen LogP contribution in [0.1, 0.15) is 39.5 Å². The molecule has 1 saturated heterocycles. The summed E-state index contributed by atoms with van der Waals surface area (Å²) in [6, 6.07) is 0. The van der Waals surface area contributed by atoms with Gasteiger partial charge in [0, 0.05) is 0 Å². The highest BCUT2D eigenvalue weighted by molar-refractivity contribution is 5.95. The molecule has 2 atom stereocenters. The average Bonchev–Trinajstić information content (AvgIpc) is 2.40. The second-order valence-corrected chi connectivity index (χ2v) is 4.73. The molecular formula is C15H24O5. The Labute approximate surface area is 120 Å². The van der Waals surface area contributed by atoms with Gasteiger partial charge in [-0.2, -0.15) is 0 Å². The van der Waals surface area contributed by atoms with Crippen molar-refractivity contribution in [3.05, 3.63) is 12.7 Å². The lowest BCUT2D eigenvalue weighted by atomic mass is 9.93. The lowest BCUT2D eigenvalue weighted by Crippen LogP contribution is -2.43. The number of hydrogen-bond donors (Lipinski definition) is 0. The molecule has 0 aromatic carbocycles. The molecule has 0 aromatic rings. The molecule has 0 bridgehead atoms. The molecule has 0 amide bonds. The van der Waals surface area contributed by atoms with E-state index in [1.807, 2.05) is 0 Å². The highest BCUT2D eigenvalue weighted by atomic mass is 16.6. The van der Waals surface area contributed by atoms with Crippen LogP contribution in [0, 0.1) is 5.92 Å². The third kappa shape index (κ3) is 4.63. The number of carbonyl (C=O) groups excluding carboxylic acids is 2. The minimum atomic E-state index is -0.984. The van der Waals surface area contributed by atoms with Gasteiger partial charge in [0.25, 0.3) is 0 Å². The molecule has 0 aromatic heterocycles. The molecule has 5 nitrogen and oxygen atoms in total. The quantitative estimate of drug-likeness (QED) is 0.407. The van der Waals surface area contributed by atoms with E-state index in [9.17, 15) is 9.59 Å². The third-order valence-corrected chi connectivity index (χ3v) is 3.26. The Hall–Kier alpha value is -1.36. The van der Waals surface area contributed by atoms with Gasteiger partial charge in [-0.25, -0.2) is 0 Å². The maximum absolute atomic E-state index is 12.0. The van der Waals surface area contributed by atoms with Gasteiger partial charge in [0.05, 0.1) is 25.4 Å². The fourth-order valence-electron chi connectivity index (χ4n) is 2.40. The van der Waals surface area contributed by atoms with Gasteiger partial charge in [0.2, 0.25) is 0 Å². The zero-order valence-corrected chi connectivity index (χ0v) is 12.3. The standard InChI is InChI=1S/C15H24O5/c1-4-8-11-9-7-10-12(20-11)13(14(16)18-5-2)15(17)19-6-3/h4,11-13H,1,5-10H2,2-3H3/t11-,12-/m0/s1. The van der Waals surface area contributed by atoms with Crippen LogP contribution < -0.4 is 0 Å². The number of ether oxygens (including phenoxy) is 3. The van der Waals surface area contributed by atoms with Crippen LogP contribution in [0.3, 0.4) is 0 Å². The minimum Gasteiger partial charge on any atom is -0.465 e. The third-order valence-electron chi connectivity index (χ3n) is 3.26. The number of hydrogen-bond acceptors (Lipinski definition) is 5. The molecule has 114 valence electrons. The van der Waals surface area contributed by atoms with Crippen LogP contribution in [0.4, 0.5) is 0 Å². The molecule has 1 fully saturated rings. The zero-order valence-electron chi connectivity index (χ0n) is 12.3. The molecular weight excluding hydrogens is 260 g/mol. The lowest BCUT2D eigenvalue weighted by molar-refractivity contribution is -0.174. The monoisotopic (exact) mass is 284 g/mol. The molecule has 1 aliphatic heterocycles. The van der Waals surface area contributed by atoms with Crippen LogP contribution in [0.15, 0.2) is 12.7 Å². The molecule has 0 spiro atoms. The van der Waals surface area contributed by atoms with Crippen LogP contribution >= 0.6 is 0 Å². The van der Waals surface area contributed by atoms with E-state index in [0.29, 0.717) is 6.42 Å². The Balaban J connectivity index is 2.77. The van der Waals surface area contributed by atoms with Crippen molar-refractivity contribution in [3.8, 4) is 0 Å². The first-order chi connectivity index (χ1) is 9.63. The molecule has 20 heavy (non-hydrogen) atoms. The van der Waals surface area contributed by atoms with E-state index in [4.69, 9.17) is 14.2 Å². The molecule has 5 heteroatoms. The SMILES string of the molecule is C=CC[C@H]1CCC[C@@H](C(C(=O)OCC)C(=O)OCC)O1. The molecule has 0 saturated carbocycles. The van der Waals surface area contributed by atoms with Crippen LogP contribution in [0.5, 0.6) is 0 Å². The van der Waals surface area contributed by atoms with Gasteiger partial charge in [0.1, 0.15) is 0 Å². The predicted octanol–water partition coefficient (Wildman–Crippen LogP) is 2.24. The van der Waals surface area contributed by atoms with Crippen molar-refractivity contribution in [1.29, 1.82) is 0 Å². The smallest absolute Gasteiger partial charge is 0.323 e. The summed E-state index contributed by atoms with van der Waals surface area (Å²) in [6.45, 7) is 7.58. The molecule has 0 unspecified atom stereocenters. The molecule has 1 rings (SSSR count). The van der Waals surface area contributed by atoms with Gasteiger partial charge in [-0.15, -0.1) is 6.58 Å². The van der Waals surface area contributed by atoms with Crippen molar-refractivity contribution in [2.24, 2.45) is 5.92 Å². The first-order valence-electron chi connectivity index (χ1n) is 7.23. The highest BCUT2D eigenvalue weighted by Crippen LogP contribution is 2.27. The van der Waals surface area contributed by atoms with E-state index in [2.05, 4.69) is 6.58 Å². The Bertz CT molecular complexity index is 321. The Morgan fingerprint density at radius 1 is 1.25 bits per heavy atom. The number of rotatable bonds is 7. The van der Waals surface area contributed by atoms with E-state index in [0.717, 1.165) is 19.3 Å². The second kappa shape index (κ2) is 8.74. The van der Waals surface area contributed by atoms with Gasteiger partial charge in [-0.05, 0) is 39.5 Å². The fraction of sp³-hybridized carbons (Fsp3) is 0.733. The van der Waals surface area contributed by atoms with Crippen LogP contribution in [0.2, 0.25) is 0 Å². The molecule has 0 aliphatic carbocycles. The van der Waals surface area contributed by atoms with E-state index >= 15 is 0 Å². The van der Waals surface area contributed by atoms with E-state index in [1.54, 1.807) is 19.9 Å². The Morgan fingerprint density at radius 2 is 1.85 bits per heavy atom. The lowest BCUT2D eigenvalue weighted by Gasteiger charge is -2.32. The fourth-order valence-corrected chi connectivity index (χ4v) is 2.40. The maximum atomic E-state index is 12.0. The molecule has 0 N–H and O–H groups in total. The van der Waals surface area contributed by atoms with E-state index < -0.39 is 24.0 Å². The summed E-state index contributed by atoms with van der Waals surface area (Å²) in [4.78, 5) is 24.0. The second-order valence-electron chi connectivity index (χ2n) is 4.73. The van der Waals surface area contributed by atoms with Crippen molar-refractivity contribution in [2.75, 3.05) is 13.2 Å². The normalized spacial score (nSPS) is 22.4. The molecule has 1 aliphatic rings. The summed E-state index contributed by atoms with van der Waals surface area (Å²) in [5, 5.41) is 0. The maximum Gasteiger partial charge on any atom is 0.323 e. The van der Waals surface area contributed by atoms with Crippen molar-refractivity contribution in [1.82, 2.24) is 0 Å². The summed E-state index contributed by atoms with van der Waals surface area (Å²) in [5.41, 5.74) is 0. The van der Waals surface area contributed by atoms with Crippen molar-refractivity contribution in [3.63, 3.8) is 0 Å². The van der Waals surface area contributed by atoms with Crippen LogP contribution in [-0.2, 0) is 23.8 Å². The number of esters is 2. The zero-order chi connectivity index (χ0) is 15.0. The van der Waals surface area contributed by atoms with E-state index in [-0.39, 0.29) is 19.3 Å². The van der Waals surface area contributed by atoms with Gasteiger partial charge < -0.3 is 14.2 Å². The summed E-state index contributed by atoms with van der Waals surface area (Å²) in [5.74, 6) is -2.10. The molecule has 0 radical (unpaired) electrons. The van der Waals surface area contributed by atoms with Gasteiger partial charge in [-0.3, -0.25) is 9.59 Å². The summed E-state index contributed by atoms with van der Waals surface area (Å²) in [7, 11) is 0. The first kappa shape index (κ1) is 16.7. The Kier molecular flexibility index (Phi) is 7.30.